The van der Waals surface area contributed by atoms with E-state index in [0.717, 1.165) is 0 Å². The molecule has 0 spiro atoms. The number of fused-ring (bicyclic) bond motifs is 2. The van der Waals surface area contributed by atoms with Gasteiger partial charge in [-0.15, -0.1) is 0 Å². The van der Waals surface area contributed by atoms with Crippen molar-refractivity contribution in [3.05, 3.63) is 53.1 Å². The molecule has 9 nitrogen and oxygen atoms in total. The fraction of sp³-hybridized carbons (Fsp3) is 0.400. The van der Waals surface area contributed by atoms with Crippen molar-refractivity contribution >= 4 is 40.8 Å². The van der Waals surface area contributed by atoms with E-state index in [1.54, 1.807) is 54.4 Å². The van der Waals surface area contributed by atoms with Crippen molar-refractivity contribution < 1.29 is 23.9 Å². The monoisotopic (exact) mass is 500 g/mol. The molecular formula is C25H29ClN4O5. The standard InChI is InChI=1S/C25H29ClN4O5/c1-3-27-23(31)13-18-8-9-20-22(35-18)14-34-21-10-7-17(12-19(21)24(32)30(20)2)29-25(33)28-16-6-4-5-15(26)11-16/h4-7,10-12,18,20,22H,3,8-9,13-14H2,1-2H3,(H,27,31)(H2,28,29,33)/t18-,20-,22-/m1/s1. The topological polar surface area (TPSA) is 109 Å². The van der Waals surface area contributed by atoms with E-state index in [9.17, 15) is 14.4 Å². The minimum Gasteiger partial charge on any atom is -0.490 e. The molecule has 1 fully saturated rings. The average Bonchev–Trinajstić information content (AvgIpc) is 2.82. The molecule has 0 radical (unpaired) electrons. The van der Waals surface area contributed by atoms with Gasteiger partial charge < -0.3 is 30.3 Å². The van der Waals surface area contributed by atoms with Crippen LogP contribution in [-0.4, -0.2) is 61.2 Å². The van der Waals surface area contributed by atoms with E-state index < -0.39 is 6.03 Å². The predicted molar refractivity (Wildman–Crippen MR) is 133 cm³/mol. The number of ether oxygens (including phenoxy) is 2. The Bertz CT molecular complexity index is 1110. The van der Waals surface area contributed by atoms with Crippen LogP contribution < -0.4 is 20.7 Å². The van der Waals surface area contributed by atoms with Gasteiger partial charge in [-0.25, -0.2) is 4.79 Å². The molecule has 2 aromatic rings. The zero-order valence-corrected chi connectivity index (χ0v) is 20.4. The lowest BCUT2D eigenvalue weighted by Crippen LogP contribution is -2.54. The molecule has 2 aromatic carbocycles. The summed E-state index contributed by atoms with van der Waals surface area (Å²) in [6, 6.07) is 11.1. The van der Waals surface area contributed by atoms with Crippen LogP contribution >= 0.6 is 11.6 Å². The average molecular weight is 501 g/mol. The number of halogens is 1. The van der Waals surface area contributed by atoms with Crippen LogP contribution in [0.25, 0.3) is 0 Å². The summed E-state index contributed by atoms with van der Waals surface area (Å²) in [6.07, 6.45) is 1.12. The number of hydrogen-bond donors (Lipinski definition) is 3. The van der Waals surface area contributed by atoms with E-state index in [0.29, 0.717) is 47.1 Å². The summed E-state index contributed by atoms with van der Waals surface area (Å²) in [5.41, 5.74) is 1.36. The maximum atomic E-state index is 13.3. The first-order valence-electron chi connectivity index (χ1n) is 11.6. The summed E-state index contributed by atoms with van der Waals surface area (Å²) in [4.78, 5) is 39.4. The van der Waals surface area contributed by atoms with E-state index in [2.05, 4.69) is 16.0 Å². The van der Waals surface area contributed by atoms with Crippen LogP contribution in [0.1, 0.15) is 36.5 Å². The van der Waals surface area contributed by atoms with Gasteiger partial charge in [0.25, 0.3) is 5.91 Å². The van der Waals surface area contributed by atoms with Gasteiger partial charge in [0.05, 0.1) is 24.1 Å². The number of urea groups is 1. The predicted octanol–water partition coefficient (Wildman–Crippen LogP) is 3.89. The van der Waals surface area contributed by atoms with Crippen molar-refractivity contribution in [3.8, 4) is 5.75 Å². The number of anilines is 2. The van der Waals surface area contributed by atoms with Gasteiger partial charge in [-0.3, -0.25) is 9.59 Å². The minimum absolute atomic E-state index is 0.0445. The zero-order chi connectivity index (χ0) is 24.9. The van der Waals surface area contributed by atoms with Crippen LogP contribution in [0.2, 0.25) is 5.02 Å². The summed E-state index contributed by atoms with van der Waals surface area (Å²) >= 11 is 5.96. The fourth-order valence-corrected chi connectivity index (χ4v) is 4.63. The number of rotatable bonds is 5. The van der Waals surface area contributed by atoms with Crippen molar-refractivity contribution in [1.82, 2.24) is 10.2 Å². The third kappa shape index (κ3) is 6.04. The van der Waals surface area contributed by atoms with Gasteiger partial charge in [0.15, 0.2) is 0 Å². The molecule has 2 aliphatic heterocycles. The zero-order valence-electron chi connectivity index (χ0n) is 19.7. The van der Waals surface area contributed by atoms with E-state index >= 15 is 0 Å². The summed E-state index contributed by atoms with van der Waals surface area (Å²) in [7, 11) is 1.74. The minimum atomic E-state index is -0.460. The van der Waals surface area contributed by atoms with Crippen LogP contribution in [-0.2, 0) is 9.53 Å². The molecule has 2 heterocycles. The number of amides is 4. The number of likely N-dealkylation sites (N-methyl/N-ethyl adjacent to an activating group) is 1. The molecule has 1 saturated heterocycles. The Balaban J connectivity index is 1.45. The lowest BCUT2D eigenvalue weighted by Gasteiger charge is -2.42. The van der Waals surface area contributed by atoms with E-state index in [-0.39, 0.29) is 43.1 Å². The summed E-state index contributed by atoms with van der Waals surface area (Å²) < 4.78 is 12.1. The molecule has 0 unspecified atom stereocenters. The van der Waals surface area contributed by atoms with Crippen molar-refractivity contribution in [3.63, 3.8) is 0 Å². The largest absolute Gasteiger partial charge is 0.490 e. The third-order valence-corrected chi connectivity index (χ3v) is 6.37. The Kier molecular flexibility index (Phi) is 7.77. The van der Waals surface area contributed by atoms with Crippen LogP contribution in [0.15, 0.2) is 42.5 Å². The number of carbonyl (C=O) groups is 3. The highest BCUT2D eigenvalue weighted by atomic mass is 35.5. The van der Waals surface area contributed by atoms with Crippen molar-refractivity contribution in [2.24, 2.45) is 0 Å². The van der Waals surface area contributed by atoms with Crippen LogP contribution in [0.3, 0.4) is 0 Å². The normalized spacial score (nSPS) is 21.5. The Hall–Kier alpha value is -3.30. The second-order valence-electron chi connectivity index (χ2n) is 8.63. The molecule has 10 heteroatoms. The van der Waals surface area contributed by atoms with Crippen molar-refractivity contribution in [2.45, 2.75) is 44.4 Å². The third-order valence-electron chi connectivity index (χ3n) is 6.14. The van der Waals surface area contributed by atoms with Crippen LogP contribution in [0.4, 0.5) is 16.2 Å². The smallest absolute Gasteiger partial charge is 0.323 e. The summed E-state index contributed by atoms with van der Waals surface area (Å²) in [5.74, 6) is 0.145. The Morgan fingerprint density at radius 2 is 1.89 bits per heavy atom. The van der Waals surface area contributed by atoms with Gasteiger partial charge in [-0.1, -0.05) is 17.7 Å². The number of hydrogen-bond acceptors (Lipinski definition) is 5. The van der Waals surface area contributed by atoms with Gasteiger partial charge in [-0.2, -0.15) is 0 Å². The second-order valence-corrected chi connectivity index (χ2v) is 9.06. The molecule has 3 atom stereocenters. The Labute approximate surface area is 209 Å². The Morgan fingerprint density at radius 3 is 2.63 bits per heavy atom. The highest BCUT2D eigenvalue weighted by Gasteiger charge is 2.39. The Morgan fingerprint density at radius 1 is 1.11 bits per heavy atom. The molecule has 35 heavy (non-hydrogen) atoms. The molecular weight excluding hydrogens is 472 g/mol. The SMILES string of the molecule is CCNC(=O)C[C@H]1CC[C@@H]2[C@@H](COc3ccc(NC(=O)Nc4cccc(Cl)c4)cc3C(=O)N2C)O1. The highest BCUT2D eigenvalue weighted by Crippen LogP contribution is 2.32. The van der Waals surface area contributed by atoms with Crippen LogP contribution in [0, 0.1) is 0 Å². The molecule has 2 aliphatic rings. The van der Waals surface area contributed by atoms with E-state index in [1.165, 1.54) is 0 Å². The van der Waals surface area contributed by atoms with Gasteiger partial charge in [0.1, 0.15) is 18.5 Å². The molecule has 3 N–H and O–H groups in total. The molecule has 0 aromatic heterocycles. The fourth-order valence-electron chi connectivity index (χ4n) is 4.44. The first-order chi connectivity index (χ1) is 16.8. The van der Waals surface area contributed by atoms with Crippen molar-refractivity contribution in [1.29, 1.82) is 0 Å². The number of benzene rings is 2. The first kappa shape index (κ1) is 24.8. The van der Waals surface area contributed by atoms with Gasteiger partial charge in [0.2, 0.25) is 5.91 Å². The van der Waals surface area contributed by atoms with Gasteiger partial charge >= 0.3 is 6.03 Å². The van der Waals surface area contributed by atoms with E-state index in [4.69, 9.17) is 21.1 Å². The lowest BCUT2D eigenvalue weighted by atomic mass is 9.94. The lowest BCUT2D eigenvalue weighted by molar-refractivity contribution is -0.133. The van der Waals surface area contributed by atoms with Crippen LogP contribution in [0.5, 0.6) is 5.75 Å². The first-order valence-corrected chi connectivity index (χ1v) is 12.0. The molecule has 4 amide bonds. The van der Waals surface area contributed by atoms with Gasteiger partial charge in [0, 0.05) is 30.0 Å². The number of nitrogens with one attached hydrogen (secondary N) is 3. The molecule has 186 valence electrons. The molecule has 4 rings (SSSR count). The van der Waals surface area contributed by atoms with E-state index in [1.807, 2.05) is 6.92 Å². The molecule has 0 aliphatic carbocycles. The summed E-state index contributed by atoms with van der Waals surface area (Å²) in [6.45, 7) is 2.71. The van der Waals surface area contributed by atoms with Crippen molar-refractivity contribution in [2.75, 3.05) is 30.8 Å². The quantitative estimate of drug-likeness (QED) is 0.577. The second kappa shape index (κ2) is 11.0. The maximum Gasteiger partial charge on any atom is 0.323 e. The molecule has 0 saturated carbocycles. The molecule has 0 bridgehead atoms. The van der Waals surface area contributed by atoms with Gasteiger partial charge in [-0.05, 0) is 56.2 Å². The number of carbonyl (C=O) groups excluding carboxylic acids is 3. The summed E-state index contributed by atoms with van der Waals surface area (Å²) in [5, 5.41) is 8.76. The highest BCUT2D eigenvalue weighted by molar-refractivity contribution is 6.30. The maximum absolute atomic E-state index is 13.3. The number of nitrogens with zero attached hydrogens (tertiary/aromatic N) is 1.